The second kappa shape index (κ2) is 7.11. The Morgan fingerprint density at radius 2 is 2.14 bits per heavy atom. The average Bonchev–Trinajstić information content (AvgIpc) is 3.24. The highest BCUT2D eigenvalue weighted by Gasteiger charge is 2.23. The van der Waals surface area contributed by atoms with Crippen LogP contribution in [-0.2, 0) is 11.3 Å². The molecule has 0 radical (unpaired) electrons. The maximum absolute atomic E-state index is 12.1. The topological polar surface area (TPSA) is 66.9 Å². The number of nitrogens with one attached hydrogen (secondary N) is 2. The van der Waals surface area contributed by atoms with E-state index in [9.17, 15) is 4.79 Å². The van der Waals surface area contributed by atoms with E-state index in [1.54, 1.807) is 0 Å². The molecule has 5 nitrogen and oxygen atoms in total. The lowest BCUT2D eigenvalue weighted by Gasteiger charge is -2.10. The smallest absolute Gasteiger partial charge is 0.233 e. The summed E-state index contributed by atoms with van der Waals surface area (Å²) >= 11 is 2.96. The summed E-state index contributed by atoms with van der Waals surface area (Å²) < 4.78 is 0.825. The van der Waals surface area contributed by atoms with Crippen LogP contribution in [0.4, 0.5) is 5.13 Å². The van der Waals surface area contributed by atoms with Gasteiger partial charge in [-0.25, -0.2) is 0 Å². The van der Waals surface area contributed by atoms with E-state index in [0.29, 0.717) is 12.6 Å². The van der Waals surface area contributed by atoms with Gasteiger partial charge in [-0.15, -0.1) is 10.2 Å². The van der Waals surface area contributed by atoms with Gasteiger partial charge in [0.25, 0.3) is 0 Å². The number of hydrogen-bond donors (Lipinski definition) is 2. The third-order valence-electron chi connectivity index (χ3n) is 3.27. The summed E-state index contributed by atoms with van der Waals surface area (Å²) in [6.45, 7) is 2.44. The van der Waals surface area contributed by atoms with Gasteiger partial charge in [-0.2, -0.15) is 0 Å². The SMILES string of the molecule is CC(Sc1nnc(NC2CC2)s1)C(=O)NCc1ccccc1. The van der Waals surface area contributed by atoms with Crippen molar-refractivity contribution in [1.29, 1.82) is 0 Å². The summed E-state index contributed by atoms with van der Waals surface area (Å²) in [5, 5.41) is 15.2. The van der Waals surface area contributed by atoms with E-state index >= 15 is 0 Å². The minimum atomic E-state index is -0.189. The molecule has 2 N–H and O–H groups in total. The maximum atomic E-state index is 12.1. The van der Waals surface area contributed by atoms with E-state index in [4.69, 9.17) is 0 Å². The van der Waals surface area contributed by atoms with Crippen molar-refractivity contribution in [3.63, 3.8) is 0 Å². The number of nitrogens with zero attached hydrogens (tertiary/aromatic N) is 2. The minimum absolute atomic E-state index is 0.0146. The first kappa shape index (κ1) is 15.3. The van der Waals surface area contributed by atoms with Crippen molar-refractivity contribution < 1.29 is 4.79 Å². The molecule has 1 unspecified atom stereocenters. The van der Waals surface area contributed by atoms with Crippen LogP contribution in [0.3, 0.4) is 0 Å². The van der Waals surface area contributed by atoms with Crippen molar-refractivity contribution in [2.24, 2.45) is 0 Å². The Labute approximate surface area is 137 Å². The Kier molecular flexibility index (Phi) is 4.94. The number of amides is 1. The summed E-state index contributed by atoms with van der Waals surface area (Å²) in [6.07, 6.45) is 2.42. The van der Waals surface area contributed by atoms with Crippen LogP contribution in [0.1, 0.15) is 25.3 Å². The molecule has 1 atom stereocenters. The Morgan fingerprint density at radius 3 is 2.86 bits per heavy atom. The van der Waals surface area contributed by atoms with Crippen molar-refractivity contribution in [2.45, 2.75) is 41.9 Å². The number of anilines is 1. The minimum Gasteiger partial charge on any atom is -0.357 e. The lowest BCUT2D eigenvalue weighted by molar-refractivity contribution is -0.120. The number of carbonyl (C=O) groups is 1. The van der Waals surface area contributed by atoms with Crippen molar-refractivity contribution in [3.05, 3.63) is 35.9 Å². The van der Waals surface area contributed by atoms with Crippen LogP contribution in [0.15, 0.2) is 34.7 Å². The van der Waals surface area contributed by atoms with Crippen LogP contribution < -0.4 is 10.6 Å². The molecule has 0 bridgehead atoms. The van der Waals surface area contributed by atoms with Crippen molar-refractivity contribution >= 4 is 34.1 Å². The predicted octanol–water partition coefficient (Wildman–Crippen LogP) is 2.91. The van der Waals surface area contributed by atoms with Gasteiger partial charge in [0.05, 0.1) is 5.25 Å². The predicted molar refractivity (Wildman–Crippen MR) is 90.2 cm³/mol. The Hall–Kier alpha value is -1.60. The molecular formula is C15H18N4OS2. The van der Waals surface area contributed by atoms with Crippen molar-refractivity contribution in [2.75, 3.05) is 5.32 Å². The third kappa shape index (κ3) is 4.45. The molecule has 1 amide bonds. The molecule has 0 aliphatic heterocycles. The second-order valence-corrected chi connectivity index (χ2v) is 7.82. The molecule has 1 saturated carbocycles. The molecule has 0 spiro atoms. The molecule has 1 heterocycles. The van der Waals surface area contributed by atoms with Crippen LogP contribution in [0.2, 0.25) is 0 Å². The monoisotopic (exact) mass is 334 g/mol. The van der Waals surface area contributed by atoms with Crippen LogP contribution in [0.5, 0.6) is 0 Å². The lowest BCUT2D eigenvalue weighted by atomic mass is 10.2. The van der Waals surface area contributed by atoms with E-state index in [0.717, 1.165) is 15.0 Å². The maximum Gasteiger partial charge on any atom is 0.233 e. The van der Waals surface area contributed by atoms with E-state index < -0.39 is 0 Å². The fourth-order valence-corrected chi connectivity index (χ4v) is 3.85. The molecule has 116 valence electrons. The molecule has 1 aliphatic carbocycles. The van der Waals surface area contributed by atoms with Crippen molar-refractivity contribution in [1.82, 2.24) is 15.5 Å². The first-order valence-electron chi connectivity index (χ1n) is 7.29. The molecule has 22 heavy (non-hydrogen) atoms. The number of carbonyl (C=O) groups excluding carboxylic acids is 1. The zero-order valence-corrected chi connectivity index (χ0v) is 13.9. The number of aromatic nitrogens is 2. The van der Waals surface area contributed by atoms with E-state index in [1.807, 2.05) is 37.3 Å². The van der Waals surface area contributed by atoms with Gasteiger partial charge in [0.1, 0.15) is 0 Å². The van der Waals surface area contributed by atoms with Gasteiger partial charge in [-0.1, -0.05) is 53.4 Å². The third-order valence-corrected chi connectivity index (χ3v) is 5.31. The average molecular weight is 334 g/mol. The number of thioether (sulfide) groups is 1. The van der Waals surface area contributed by atoms with Gasteiger partial charge in [0.2, 0.25) is 11.0 Å². The summed E-state index contributed by atoms with van der Waals surface area (Å²) in [5.41, 5.74) is 1.10. The Morgan fingerprint density at radius 1 is 1.36 bits per heavy atom. The zero-order valence-electron chi connectivity index (χ0n) is 12.3. The van der Waals surface area contributed by atoms with Crippen LogP contribution in [-0.4, -0.2) is 27.4 Å². The highest BCUT2D eigenvalue weighted by atomic mass is 32.2. The highest BCUT2D eigenvalue weighted by Crippen LogP contribution is 2.32. The first-order chi connectivity index (χ1) is 10.7. The van der Waals surface area contributed by atoms with Crippen molar-refractivity contribution in [3.8, 4) is 0 Å². The molecule has 3 rings (SSSR count). The summed E-state index contributed by atoms with van der Waals surface area (Å²) in [7, 11) is 0. The molecule has 2 aromatic rings. The largest absolute Gasteiger partial charge is 0.357 e. The Bertz CT molecular complexity index is 627. The van der Waals surface area contributed by atoms with Crippen LogP contribution in [0.25, 0.3) is 0 Å². The lowest BCUT2D eigenvalue weighted by Crippen LogP contribution is -2.30. The van der Waals surface area contributed by atoms with Gasteiger partial charge in [-0.3, -0.25) is 4.79 Å². The summed E-state index contributed by atoms with van der Waals surface area (Å²) in [4.78, 5) is 12.1. The second-order valence-electron chi connectivity index (χ2n) is 5.26. The number of rotatable bonds is 7. The van der Waals surface area contributed by atoms with Gasteiger partial charge >= 0.3 is 0 Å². The molecule has 1 aliphatic rings. The van der Waals surface area contributed by atoms with Gasteiger partial charge in [-0.05, 0) is 25.3 Å². The number of hydrogen-bond acceptors (Lipinski definition) is 6. The van der Waals surface area contributed by atoms with E-state index in [2.05, 4.69) is 20.8 Å². The quantitative estimate of drug-likeness (QED) is 0.762. The van der Waals surface area contributed by atoms with Crippen LogP contribution in [0, 0.1) is 0 Å². The zero-order chi connectivity index (χ0) is 15.4. The number of benzene rings is 1. The van der Waals surface area contributed by atoms with E-state index in [1.165, 1.54) is 35.9 Å². The molecule has 1 aromatic carbocycles. The Balaban J connectivity index is 1.46. The molecule has 1 fully saturated rings. The van der Waals surface area contributed by atoms with Gasteiger partial charge in [0.15, 0.2) is 4.34 Å². The van der Waals surface area contributed by atoms with Gasteiger partial charge < -0.3 is 10.6 Å². The molecular weight excluding hydrogens is 316 g/mol. The van der Waals surface area contributed by atoms with Crippen LogP contribution >= 0.6 is 23.1 Å². The van der Waals surface area contributed by atoms with Gasteiger partial charge in [0, 0.05) is 12.6 Å². The highest BCUT2D eigenvalue weighted by molar-refractivity contribution is 8.02. The van der Waals surface area contributed by atoms with E-state index in [-0.39, 0.29) is 11.2 Å². The normalized spacial score (nSPS) is 15.3. The molecule has 7 heteroatoms. The summed E-state index contributed by atoms with van der Waals surface area (Å²) in [5.74, 6) is 0.0146. The first-order valence-corrected chi connectivity index (χ1v) is 8.98. The molecule has 1 aromatic heterocycles. The summed E-state index contributed by atoms with van der Waals surface area (Å²) in [6, 6.07) is 10.5. The fourth-order valence-electron chi connectivity index (χ4n) is 1.85. The fraction of sp³-hybridized carbons (Fsp3) is 0.400. The standard InChI is InChI=1S/C15H18N4OS2/c1-10(13(20)16-9-11-5-3-2-4-6-11)21-15-19-18-14(22-15)17-12-7-8-12/h2-6,10,12H,7-9H2,1H3,(H,16,20)(H,17,18). The molecule has 0 saturated heterocycles.